The molecule has 0 unspecified atom stereocenters. The third-order valence-electron chi connectivity index (χ3n) is 2.77. The minimum absolute atomic E-state index is 0.120. The maximum Gasteiger partial charge on any atom is 0.341 e. The molecule has 7 heteroatoms. The topological polar surface area (TPSA) is 68.0 Å². The Morgan fingerprint density at radius 1 is 1.47 bits per heavy atom. The second-order valence-electron chi connectivity index (χ2n) is 3.99. The van der Waals surface area contributed by atoms with Crippen LogP contribution in [-0.2, 0) is 0 Å². The molecule has 88 valence electrons. The molecule has 0 spiro atoms. The van der Waals surface area contributed by atoms with Gasteiger partial charge in [-0.05, 0) is 12.8 Å². The third kappa shape index (κ3) is 1.38. The van der Waals surface area contributed by atoms with E-state index in [2.05, 4.69) is 10.3 Å². The Morgan fingerprint density at radius 3 is 2.76 bits per heavy atom. The van der Waals surface area contributed by atoms with E-state index in [0.29, 0.717) is 0 Å². The van der Waals surface area contributed by atoms with Crippen molar-refractivity contribution >= 4 is 17.0 Å². The Hall–Kier alpha value is -2.05. The number of nitrogens with zero attached hydrogens (tertiary/aromatic N) is 3. The molecule has 5 nitrogen and oxygen atoms in total. The number of carboxylic acid groups (broad SMARTS) is 1. The summed E-state index contributed by atoms with van der Waals surface area (Å²) in [5.74, 6) is -3.92. The molecule has 0 amide bonds. The molecular weight excluding hydrogens is 232 g/mol. The average molecular weight is 239 g/mol. The lowest BCUT2D eigenvalue weighted by Gasteiger charge is -2.02. The van der Waals surface area contributed by atoms with Crippen LogP contribution in [0.25, 0.3) is 11.0 Å². The van der Waals surface area contributed by atoms with Crippen LogP contribution in [0.1, 0.15) is 29.2 Å². The van der Waals surface area contributed by atoms with E-state index in [1.807, 2.05) is 0 Å². The molecule has 0 bridgehead atoms. The molecule has 1 heterocycles. The molecule has 0 radical (unpaired) electrons. The highest BCUT2D eigenvalue weighted by Crippen LogP contribution is 2.37. The number of carboxylic acids is 1. The summed E-state index contributed by atoms with van der Waals surface area (Å²) in [5.41, 5.74) is -0.983. The van der Waals surface area contributed by atoms with Gasteiger partial charge < -0.3 is 5.11 Å². The van der Waals surface area contributed by atoms with Crippen molar-refractivity contribution < 1.29 is 18.7 Å². The van der Waals surface area contributed by atoms with E-state index in [0.717, 1.165) is 18.9 Å². The molecule has 0 saturated heterocycles. The number of aromatic nitrogens is 3. The lowest BCUT2D eigenvalue weighted by molar-refractivity contribution is 0.0687. The van der Waals surface area contributed by atoms with Crippen molar-refractivity contribution in [2.45, 2.75) is 18.9 Å². The van der Waals surface area contributed by atoms with Gasteiger partial charge in [0.25, 0.3) is 0 Å². The van der Waals surface area contributed by atoms with Gasteiger partial charge in [0.15, 0.2) is 5.82 Å². The second kappa shape index (κ2) is 3.22. The van der Waals surface area contributed by atoms with Gasteiger partial charge in [-0.1, -0.05) is 5.21 Å². The van der Waals surface area contributed by atoms with E-state index in [4.69, 9.17) is 5.11 Å². The predicted molar refractivity (Wildman–Crippen MR) is 52.7 cm³/mol. The van der Waals surface area contributed by atoms with Crippen LogP contribution >= 0.6 is 0 Å². The molecule has 17 heavy (non-hydrogen) atoms. The summed E-state index contributed by atoms with van der Waals surface area (Å²) in [5, 5.41) is 16.0. The van der Waals surface area contributed by atoms with Crippen molar-refractivity contribution in [3.8, 4) is 0 Å². The number of carbonyl (C=O) groups is 1. The first kappa shape index (κ1) is 10.1. The summed E-state index contributed by atoms with van der Waals surface area (Å²) in [4.78, 5) is 10.7. The molecule has 0 atom stereocenters. The fourth-order valence-corrected chi connectivity index (χ4v) is 1.79. The van der Waals surface area contributed by atoms with Crippen LogP contribution in [0.2, 0.25) is 0 Å². The quantitative estimate of drug-likeness (QED) is 0.866. The van der Waals surface area contributed by atoms with E-state index in [9.17, 15) is 13.6 Å². The van der Waals surface area contributed by atoms with E-state index in [1.54, 1.807) is 0 Å². The SMILES string of the molecule is O=C(O)c1c(F)cc2c(nnn2C2CC2)c1F. The number of rotatable bonds is 2. The van der Waals surface area contributed by atoms with Crippen LogP contribution in [0.4, 0.5) is 8.78 Å². The molecular formula is C10H7F2N3O2. The Morgan fingerprint density at radius 2 is 2.18 bits per heavy atom. The normalized spacial score (nSPS) is 15.4. The largest absolute Gasteiger partial charge is 0.477 e. The maximum absolute atomic E-state index is 13.7. The molecule has 1 aromatic heterocycles. The number of halogens is 2. The Balaban J connectivity index is 2.32. The van der Waals surface area contributed by atoms with Crippen LogP contribution in [0.15, 0.2) is 6.07 Å². The lowest BCUT2D eigenvalue weighted by atomic mass is 10.1. The smallest absolute Gasteiger partial charge is 0.341 e. The highest BCUT2D eigenvalue weighted by atomic mass is 19.1. The highest BCUT2D eigenvalue weighted by molar-refractivity contribution is 5.93. The second-order valence-corrected chi connectivity index (χ2v) is 3.99. The van der Waals surface area contributed by atoms with E-state index in [1.165, 1.54) is 4.68 Å². The number of hydrogen-bond donors (Lipinski definition) is 1. The third-order valence-corrected chi connectivity index (χ3v) is 2.77. The Bertz CT molecular complexity index is 634. The Kier molecular flexibility index (Phi) is 1.92. The average Bonchev–Trinajstić information content (AvgIpc) is 2.99. The molecule has 0 aliphatic heterocycles. The van der Waals surface area contributed by atoms with Gasteiger partial charge in [-0.2, -0.15) is 0 Å². The van der Waals surface area contributed by atoms with Crippen LogP contribution < -0.4 is 0 Å². The van der Waals surface area contributed by atoms with Gasteiger partial charge in [0, 0.05) is 6.07 Å². The summed E-state index contributed by atoms with van der Waals surface area (Å²) in [6.45, 7) is 0. The van der Waals surface area contributed by atoms with Gasteiger partial charge in [0.2, 0.25) is 0 Å². The van der Waals surface area contributed by atoms with Crippen molar-refractivity contribution in [3.63, 3.8) is 0 Å². The highest BCUT2D eigenvalue weighted by Gasteiger charge is 2.29. The molecule has 1 saturated carbocycles. The molecule has 3 rings (SSSR count). The van der Waals surface area contributed by atoms with Crippen molar-refractivity contribution in [1.29, 1.82) is 0 Å². The fraction of sp³-hybridized carbons (Fsp3) is 0.300. The van der Waals surface area contributed by atoms with Crippen molar-refractivity contribution in [1.82, 2.24) is 15.0 Å². The first-order valence-electron chi connectivity index (χ1n) is 5.05. The van der Waals surface area contributed by atoms with Crippen molar-refractivity contribution in [3.05, 3.63) is 23.3 Å². The zero-order chi connectivity index (χ0) is 12.2. The van der Waals surface area contributed by atoms with Gasteiger partial charge >= 0.3 is 5.97 Å². The molecule has 1 aliphatic rings. The molecule has 1 N–H and O–H groups in total. The molecule has 1 aliphatic carbocycles. The summed E-state index contributed by atoms with van der Waals surface area (Å²) in [7, 11) is 0. The standard InChI is InChI=1S/C10H7F2N3O2/c11-5-3-6-9(8(12)7(5)10(16)17)13-14-15(6)4-1-2-4/h3-4H,1-2H2,(H,16,17). The predicted octanol–water partition coefficient (Wildman–Crippen LogP) is 1.74. The van der Waals surface area contributed by atoms with E-state index >= 15 is 0 Å². The van der Waals surface area contributed by atoms with Crippen molar-refractivity contribution in [2.75, 3.05) is 0 Å². The molecule has 1 fully saturated rings. The number of benzene rings is 1. The van der Waals surface area contributed by atoms with Gasteiger partial charge in [-0.15, -0.1) is 5.10 Å². The fourth-order valence-electron chi connectivity index (χ4n) is 1.79. The first-order chi connectivity index (χ1) is 8.09. The zero-order valence-electron chi connectivity index (χ0n) is 8.52. The van der Waals surface area contributed by atoms with Crippen LogP contribution in [0.3, 0.4) is 0 Å². The minimum atomic E-state index is -1.65. The van der Waals surface area contributed by atoms with Gasteiger partial charge in [0.05, 0.1) is 11.6 Å². The monoisotopic (exact) mass is 239 g/mol. The number of aromatic carboxylic acids is 1. The number of fused-ring (bicyclic) bond motifs is 1. The maximum atomic E-state index is 13.7. The van der Waals surface area contributed by atoms with Crippen molar-refractivity contribution in [2.24, 2.45) is 0 Å². The number of hydrogen-bond acceptors (Lipinski definition) is 3. The summed E-state index contributed by atoms with van der Waals surface area (Å²) in [6.07, 6.45) is 1.78. The minimum Gasteiger partial charge on any atom is -0.477 e. The first-order valence-corrected chi connectivity index (χ1v) is 5.05. The van der Waals surface area contributed by atoms with Crippen LogP contribution in [0, 0.1) is 11.6 Å². The lowest BCUT2D eigenvalue weighted by Crippen LogP contribution is -2.06. The van der Waals surface area contributed by atoms with Crippen LogP contribution in [-0.4, -0.2) is 26.1 Å². The van der Waals surface area contributed by atoms with Gasteiger partial charge in [-0.3, -0.25) is 0 Å². The molecule has 1 aromatic carbocycles. The Labute approximate surface area is 93.6 Å². The summed E-state index contributed by atoms with van der Waals surface area (Å²) in [6, 6.07) is 1.09. The summed E-state index contributed by atoms with van der Waals surface area (Å²) >= 11 is 0. The van der Waals surface area contributed by atoms with E-state index in [-0.39, 0.29) is 17.1 Å². The van der Waals surface area contributed by atoms with E-state index < -0.39 is 23.2 Å². The zero-order valence-corrected chi connectivity index (χ0v) is 8.52. The van der Waals surface area contributed by atoms with Gasteiger partial charge in [0.1, 0.15) is 16.9 Å². The molecule has 2 aromatic rings. The van der Waals surface area contributed by atoms with Crippen LogP contribution in [0.5, 0.6) is 0 Å². The van der Waals surface area contributed by atoms with Gasteiger partial charge in [-0.25, -0.2) is 18.3 Å². The summed E-state index contributed by atoms with van der Waals surface area (Å²) < 4.78 is 28.7.